The van der Waals surface area contributed by atoms with Crippen LogP contribution < -0.4 is 10.3 Å². The van der Waals surface area contributed by atoms with Crippen LogP contribution >= 0.6 is 11.6 Å². The summed E-state index contributed by atoms with van der Waals surface area (Å²) in [6, 6.07) is 9.07. The lowest BCUT2D eigenvalue weighted by atomic mass is 10.2. The summed E-state index contributed by atoms with van der Waals surface area (Å²) in [6.45, 7) is 0.492. The SMILES string of the molecule is COc1cccc(Cn2c(C3CC3)nc(Cl)cc2=O)c1. The molecule has 20 heavy (non-hydrogen) atoms. The first-order chi connectivity index (χ1) is 9.67. The van der Waals surface area contributed by atoms with Crippen LogP contribution in [0.2, 0.25) is 5.15 Å². The van der Waals surface area contributed by atoms with Crippen molar-refractivity contribution in [3.63, 3.8) is 0 Å². The Morgan fingerprint density at radius 3 is 2.90 bits per heavy atom. The smallest absolute Gasteiger partial charge is 0.255 e. The van der Waals surface area contributed by atoms with E-state index in [-0.39, 0.29) is 10.7 Å². The molecule has 1 aromatic heterocycles. The average molecular weight is 291 g/mol. The molecule has 1 heterocycles. The zero-order valence-electron chi connectivity index (χ0n) is 11.2. The number of methoxy groups -OCH3 is 1. The van der Waals surface area contributed by atoms with Crippen LogP contribution in [0.1, 0.15) is 30.1 Å². The van der Waals surface area contributed by atoms with E-state index < -0.39 is 0 Å². The number of hydrogen-bond donors (Lipinski definition) is 0. The summed E-state index contributed by atoms with van der Waals surface area (Å²) in [7, 11) is 1.63. The third-order valence-corrected chi connectivity index (χ3v) is 3.62. The zero-order valence-corrected chi connectivity index (χ0v) is 11.9. The van der Waals surface area contributed by atoms with E-state index in [9.17, 15) is 4.79 Å². The Hall–Kier alpha value is -1.81. The fourth-order valence-electron chi connectivity index (χ4n) is 2.26. The highest BCUT2D eigenvalue weighted by Gasteiger charge is 2.29. The molecule has 0 N–H and O–H groups in total. The van der Waals surface area contributed by atoms with Crippen LogP contribution in [0.5, 0.6) is 5.75 Å². The van der Waals surface area contributed by atoms with Gasteiger partial charge in [0.05, 0.1) is 13.7 Å². The largest absolute Gasteiger partial charge is 0.497 e. The summed E-state index contributed by atoms with van der Waals surface area (Å²) in [5.41, 5.74) is 0.909. The van der Waals surface area contributed by atoms with E-state index in [4.69, 9.17) is 16.3 Å². The molecule has 0 spiro atoms. The van der Waals surface area contributed by atoms with Gasteiger partial charge in [0, 0.05) is 12.0 Å². The third kappa shape index (κ3) is 2.70. The van der Waals surface area contributed by atoms with Crippen LogP contribution in [0.4, 0.5) is 0 Å². The number of halogens is 1. The fourth-order valence-corrected chi connectivity index (χ4v) is 2.44. The molecule has 1 fully saturated rings. The zero-order chi connectivity index (χ0) is 14.1. The van der Waals surface area contributed by atoms with E-state index in [0.717, 1.165) is 30.0 Å². The predicted octanol–water partition coefficient (Wildman–Crippen LogP) is 2.83. The highest BCUT2D eigenvalue weighted by atomic mass is 35.5. The molecule has 1 saturated carbocycles. The average Bonchev–Trinajstić information content (AvgIpc) is 3.26. The van der Waals surface area contributed by atoms with Crippen molar-refractivity contribution in [1.82, 2.24) is 9.55 Å². The van der Waals surface area contributed by atoms with E-state index in [1.165, 1.54) is 6.07 Å². The van der Waals surface area contributed by atoms with E-state index in [1.807, 2.05) is 24.3 Å². The molecule has 0 saturated heterocycles. The molecule has 0 unspecified atom stereocenters. The first kappa shape index (κ1) is 13.2. The van der Waals surface area contributed by atoms with E-state index >= 15 is 0 Å². The van der Waals surface area contributed by atoms with Gasteiger partial charge >= 0.3 is 0 Å². The first-order valence-corrected chi connectivity index (χ1v) is 6.95. The van der Waals surface area contributed by atoms with Crippen molar-refractivity contribution in [2.24, 2.45) is 0 Å². The molecule has 0 bridgehead atoms. The molecule has 0 radical (unpaired) electrons. The Balaban J connectivity index is 1.99. The van der Waals surface area contributed by atoms with Crippen LogP contribution in [0.25, 0.3) is 0 Å². The normalized spacial score (nSPS) is 14.3. The monoisotopic (exact) mass is 290 g/mol. The standard InChI is InChI=1S/C15H15ClN2O2/c1-20-12-4-2-3-10(7-12)9-18-14(19)8-13(16)17-15(18)11-5-6-11/h2-4,7-8,11H,5-6,9H2,1H3. The maximum atomic E-state index is 12.2. The van der Waals surface area contributed by atoms with Crippen LogP contribution in [-0.4, -0.2) is 16.7 Å². The lowest BCUT2D eigenvalue weighted by Crippen LogP contribution is -2.24. The van der Waals surface area contributed by atoms with Crippen molar-refractivity contribution in [1.29, 1.82) is 0 Å². The number of benzene rings is 1. The number of rotatable bonds is 4. The van der Waals surface area contributed by atoms with Gasteiger partial charge in [-0.2, -0.15) is 0 Å². The minimum absolute atomic E-state index is 0.102. The maximum absolute atomic E-state index is 12.2. The molecule has 3 rings (SSSR count). The van der Waals surface area contributed by atoms with Gasteiger partial charge in [-0.1, -0.05) is 23.7 Å². The minimum atomic E-state index is -0.102. The predicted molar refractivity (Wildman–Crippen MR) is 77.6 cm³/mol. The fraction of sp³-hybridized carbons (Fsp3) is 0.333. The first-order valence-electron chi connectivity index (χ1n) is 6.57. The Morgan fingerprint density at radius 2 is 2.20 bits per heavy atom. The second-order valence-corrected chi connectivity index (χ2v) is 5.37. The van der Waals surface area contributed by atoms with Gasteiger partial charge in [-0.05, 0) is 30.5 Å². The van der Waals surface area contributed by atoms with E-state index in [0.29, 0.717) is 12.5 Å². The van der Waals surface area contributed by atoms with Gasteiger partial charge in [0.25, 0.3) is 5.56 Å². The summed E-state index contributed by atoms with van der Waals surface area (Å²) >= 11 is 5.90. The molecule has 0 atom stereocenters. The number of hydrogen-bond acceptors (Lipinski definition) is 3. The lowest BCUT2D eigenvalue weighted by Gasteiger charge is -2.12. The molecule has 1 aromatic carbocycles. The summed E-state index contributed by atoms with van der Waals surface area (Å²) in [4.78, 5) is 16.5. The molecule has 0 aliphatic heterocycles. The summed E-state index contributed by atoms with van der Waals surface area (Å²) in [5, 5.41) is 0.277. The third-order valence-electron chi connectivity index (χ3n) is 3.42. The summed E-state index contributed by atoms with van der Waals surface area (Å²) in [5.74, 6) is 1.95. The Morgan fingerprint density at radius 1 is 1.40 bits per heavy atom. The molecule has 0 amide bonds. The van der Waals surface area contributed by atoms with Crippen molar-refractivity contribution in [3.05, 3.63) is 57.2 Å². The second-order valence-electron chi connectivity index (χ2n) is 4.99. The summed E-state index contributed by atoms with van der Waals surface area (Å²) in [6.07, 6.45) is 2.15. The van der Waals surface area contributed by atoms with E-state index in [1.54, 1.807) is 11.7 Å². The molecular formula is C15H15ClN2O2. The van der Waals surface area contributed by atoms with Gasteiger partial charge in [-0.3, -0.25) is 9.36 Å². The van der Waals surface area contributed by atoms with Crippen LogP contribution in [-0.2, 0) is 6.54 Å². The number of aromatic nitrogens is 2. The van der Waals surface area contributed by atoms with Gasteiger partial charge in [0.2, 0.25) is 0 Å². The maximum Gasteiger partial charge on any atom is 0.255 e. The van der Waals surface area contributed by atoms with Crippen molar-refractivity contribution in [2.75, 3.05) is 7.11 Å². The van der Waals surface area contributed by atoms with Crippen molar-refractivity contribution in [2.45, 2.75) is 25.3 Å². The molecule has 5 heteroatoms. The molecular weight excluding hydrogens is 276 g/mol. The molecule has 1 aliphatic carbocycles. The van der Waals surface area contributed by atoms with Gasteiger partial charge in [-0.15, -0.1) is 0 Å². The van der Waals surface area contributed by atoms with E-state index in [2.05, 4.69) is 4.98 Å². The quantitative estimate of drug-likeness (QED) is 0.813. The van der Waals surface area contributed by atoms with Gasteiger partial charge in [-0.25, -0.2) is 4.98 Å². The van der Waals surface area contributed by atoms with Crippen molar-refractivity contribution < 1.29 is 4.74 Å². The van der Waals surface area contributed by atoms with Gasteiger partial charge in [0.15, 0.2) is 0 Å². The topological polar surface area (TPSA) is 44.1 Å². The van der Waals surface area contributed by atoms with Gasteiger partial charge < -0.3 is 4.74 Å². The Bertz CT molecular complexity index is 693. The van der Waals surface area contributed by atoms with Gasteiger partial charge in [0.1, 0.15) is 16.7 Å². The molecule has 104 valence electrons. The Labute approximate surface area is 122 Å². The minimum Gasteiger partial charge on any atom is -0.497 e. The molecule has 4 nitrogen and oxygen atoms in total. The second kappa shape index (κ2) is 5.29. The molecule has 1 aliphatic rings. The van der Waals surface area contributed by atoms with Crippen molar-refractivity contribution in [3.8, 4) is 5.75 Å². The van der Waals surface area contributed by atoms with Crippen LogP contribution in [0.15, 0.2) is 35.1 Å². The highest BCUT2D eigenvalue weighted by Crippen LogP contribution is 2.39. The van der Waals surface area contributed by atoms with Crippen LogP contribution in [0, 0.1) is 0 Å². The highest BCUT2D eigenvalue weighted by molar-refractivity contribution is 6.29. The lowest BCUT2D eigenvalue weighted by molar-refractivity contribution is 0.414. The number of ether oxygens (including phenoxy) is 1. The molecule has 2 aromatic rings. The van der Waals surface area contributed by atoms with Crippen molar-refractivity contribution >= 4 is 11.6 Å². The Kier molecular flexibility index (Phi) is 3.49. The summed E-state index contributed by atoms with van der Waals surface area (Å²) < 4.78 is 6.91. The number of nitrogens with zero attached hydrogens (tertiary/aromatic N) is 2. The van der Waals surface area contributed by atoms with Crippen LogP contribution in [0.3, 0.4) is 0 Å².